The molecule has 0 saturated heterocycles. The molecule has 4 nitrogen and oxygen atoms in total. The molecule has 0 aliphatic heterocycles. The van der Waals surface area contributed by atoms with Crippen LogP contribution in [-0.2, 0) is 6.54 Å². The molecule has 1 aromatic carbocycles. The van der Waals surface area contributed by atoms with E-state index in [0.29, 0.717) is 0 Å². The van der Waals surface area contributed by atoms with Crippen molar-refractivity contribution < 1.29 is 14.6 Å². The lowest BCUT2D eigenvalue weighted by Gasteiger charge is -2.12. The fraction of sp³-hybridized carbons (Fsp3) is 0.571. The molecule has 0 radical (unpaired) electrons. The Morgan fingerprint density at radius 3 is 2.55 bits per heavy atom. The molecule has 2 N–H and O–H groups in total. The summed E-state index contributed by atoms with van der Waals surface area (Å²) in [6.45, 7) is 2.00. The molecule has 0 aromatic heterocycles. The van der Waals surface area contributed by atoms with Gasteiger partial charge in [0.25, 0.3) is 0 Å². The minimum atomic E-state index is 0.277. The van der Waals surface area contributed by atoms with E-state index in [1.807, 2.05) is 23.9 Å². The third-order valence-electron chi connectivity index (χ3n) is 2.74. The first kappa shape index (κ1) is 17.6. The minimum Gasteiger partial charge on any atom is -0.493 e. The molecule has 0 saturated carbocycles. The summed E-state index contributed by atoms with van der Waals surface area (Å²) < 4.78 is 11.6. The summed E-state index contributed by atoms with van der Waals surface area (Å²) >= 11 is 5.40. The van der Waals surface area contributed by atoms with Crippen molar-refractivity contribution in [2.24, 2.45) is 0 Å². The van der Waals surface area contributed by atoms with Gasteiger partial charge in [-0.1, -0.05) is 15.9 Å². The highest BCUT2D eigenvalue weighted by molar-refractivity contribution is 9.10. The monoisotopic (exact) mass is 363 g/mol. The van der Waals surface area contributed by atoms with E-state index in [1.54, 1.807) is 14.2 Å². The highest BCUT2D eigenvalue weighted by Gasteiger charge is 2.09. The van der Waals surface area contributed by atoms with Crippen molar-refractivity contribution in [2.75, 3.05) is 38.9 Å². The smallest absolute Gasteiger partial charge is 0.161 e. The SMILES string of the molecule is COc1cc(Br)c(CNCCSCCCO)cc1OC. The number of ether oxygens (including phenoxy) is 2. The number of hydrogen-bond donors (Lipinski definition) is 2. The second-order valence-electron chi connectivity index (χ2n) is 4.16. The third kappa shape index (κ3) is 5.91. The lowest BCUT2D eigenvalue weighted by molar-refractivity contribution is 0.296. The largest absolute Gasteiger partial charge is 0.493 e. The summed E-state index contributed by atoms with van der Waals surface area (Å²) in [4.78, 5) is 0. The van der Waals surface area contributed by atoms with Crippen LogP contribution in [-0.4, -0.2) is 44.0 Å². The molecule has 0 spiro atoms. The maximum atomic E-state index is 8.68. The second kappa shape index (κ2) is 10.3. The van der Waals surface area contributed by atoms with Crippen LogP contribution in [0.2, 0.25) is 0 Å². The highest BCUT2D eigenvalue weighted by atomic mass is 79.9. The van der Waals surface area contributed by atoms with Crippen molar-refractivity contribution in [3.63, 3.8) is 0 Å². The van der Waals surface area contributed by atoms with Crippen molar-refractivity contribution >= 4 is 27.7 Å². The van der Waals surface area contributed by atoms with Gasteiger partial charge in [-0.15, -0.1) is 0 Å². The molecule has 0 atom stereocenters. The van der Waals surface area contributed by atoms with E-state index in [1.165, 1.54) is 0 Å². The fourth-order valence-electron chi connectivity index (χ4n) is 1.67. The van der Waals surface area contributed by atoms with Crippen molar-refractivity contribution in [2.45, 2.75) is 13.0 Å². The van der Waals surface area contributed by atoms with Crippen LogP contribution >= 0.6 is 27.7 Å². The number of aliphatic hydroxyl groups excluding tert-OH is 1. The molecule has 1 aromatic rings. The summed E-state index contributed by atoms with van der Waals surface area (Å²) in [6.07, 6.45) is 0.867. The van der Waals surface area contributed by atoms with E-state index < -0.39 is 0 Å². The van der Waals surface area contributed by atoms with E-state index in [0.717, 1.165) is 52.6 Å². The van der Waals surface area contributed by atoms with Gasteiger partial charge < -0.3 is 19.9 Å². The summed E-state index contributed by atoms with van der Waals surface area (Å²) in [5, 5.41) is 12.1. The summed E-state index contributed by atoms with van der Waals surface area (Å²) in [5.74, 6) is 3.52. The van der Waals surface area contributed by atoms with Crippen LogP contribution in [0.3, 0.4) is 0 Å². The number of nitrogens with one attached hydrogen (secondary N) is 1. The predicted molar refractivity (Wildman–Crippen MR) is 88.0 cm³/mol. The number of benzene rings is 1. The lowest BCUT2D eigenvalue weighted by atomic mass is 10.2. The Labute approximate surface area is 133 Å². The van der Waals surface area contributed by atoms with Gasteiger partial charge in [-0.2, -0.15) is 11.8 Å². The molecule has 20 heavy (non-hydrogen) atoms. The van der Waals surface area contributed by atoms with Gasteiger partial charge >= 0.3 is 0 Å². The fourth-order valence-corrected chi connectivity index (χ4v) is 2.96. The topological polar surface area (TPSA) is 50.7 Å². The minimum absolute atomic E-state index is 0.277. The Hall–Kier alpha value is -0.430. The zero-order valence-corrected chi connectivity index (χ0v) is 14.3. The van der Waals surface area contributed by atoms with Gasteiger partial charge in [0, 0.05) is 29.9 Å². The molecule has 0 aliphatic carbocycles. The zero-order valence-electron chi connectivity index (χ0n) is 11.9. The van der Waals surface area contributed by atoms with Crippen molar-refractivity contribution in [3.8, 4) is 11.5 Å². The zero-order chi connectivity index (χ0) is 14.8. The molecule has 0 amide bonds. The maximum absolute atomic E-state index is 8.68. The Morgan fingerprint density at radius 1 is 1.20 bits per heavy atom. The average molecular weight is 364 g/mol. The van der Waals surface area contributed by atoms with Crippen molar-refractivity contribution in [3.05, 3.63) is 22.2 Å². The standard InChI is InChI=1S/C14H22BrNO3S/c1-18-13-8-11(12(15)9-14(13)19-2)10-16-4-7-20-6-3-5-17/h8-9,16-17H,3-7,10H2,1-2H3. The third-order valence-corrected chi connectivity index (χ3v) is 4.55. The average Bonchev–Trinajstić information content (AvgIpc) is 2.47. The van der Waals surface area contributed by atoms with Crippen molar-refractivity contribution in [1.29, 1.82) is 0 Å². The predicted octanol–water partition coefficient (Wildman–Crippen LogP) is 2.67. The lowest BCUT2D eigenvalue weighted by Crippen LogP contribution is -2.17. The van der Waals surface area contributed by atoms with Crippen LogP contribution in [0.4, 0.5) is 0 Å². The Balaban J connectivity index is 2.40. The normalized spacial score (nSPS) is 10.6. The van der Waals surface area contributed by atoms with Gasteiger partial charge in [0.05, 0.1) is 14.2 Å². The highest BCUT2D eigenvalue weighted by Crippen LogP contribution is 2.33. The van der Waals surface area contributed by atoms with Crippen molar-refractivity contribution in [1.82, 2.24) is 5.32 Å². The van der Waals surface area contributed by atoms with E-state index in [4.69, 9.17) is 14.6 Å². The Bertz CT molecular complexity index is 404. The maximum Gasteiger partial charge on any atom is 0.161 e. The van der Waals surface area contributed by atoms with Crippen LogP contribution in [0.15, 0.2) is 16.6 Å². The molecule has 6 heteroatoms. The van der Waals surface area contributed by atoms with E-state index in [-0.39, 0.29) is 6.61 Å². The second-order valence-corrected chi connectivity index (χ2v) is 6.24. The number of rotatable bonds is 10. The molecular weight excluding hydrogens is 342 g/mol. The Kier molecular flexibility index (Phi) is 9.09. The van der Waals surface area contributed by atoms with Gasteiger partial charge in [0.2, 0.25) is 0 Å². The molecule has 0 bridgehead atoms. The molecule has 0 unspecified atom stereocenters. The van der Waals surface area contributed by atoms with Crippen LogP contribution in [0.25, 0.3) is 0 Å². The van der Waals surface area contributed by atoms with E-state index in [9.17, 15) is 0 Å². The molecule has 1 rings (SSSR count). The molecule has 114 valence electrons. The van der Waals surface area contributed by atoms with Crippen LogP contribution < -0.4 is 14.8 Å². The number of methoxy groups -OCH3 is 2. The molecule has 0 aliphatic rings. The number of thioether (sulfide) groups is 1. The van der Waals surface area contributed by atoms with E-state index in [2.05, 4.69) is 21.2 Å². The molecular formula is C14H22BrNO3S. The van der Waals surface area contributed by atoms with Crippen LogP contribution in [0.5, 0.6) is 11.5 Å². The van der Waals surface area contributed by atoms with Crippen LogP contribution in [0.1, 0.15) is 12.0 Å². The quantitative estimate of drug-likeness (QED) is 0.626. The van der Waals surface area contributed by atoms with Gasteiger partial charge in [-0.05, 0) is 29.9 Å². The van der Waals surface area contributed by atoms with E-state index >= 15 is 0 Å². The molecule has 0 heterocycles. The first-order valence-corrected chi connectivity index (χ1v) is 8.47. The van der Waals surface area contributed by atoms with Gasteiger partial charge in [-0.3, -0.25) is 0 Å². The van der Waals surface area contributed by atoms with Crippen LogP contribution in [0, 0.1) is 0 Å². The number of aliphatic hydroxyl groups is 1. The summed E-state index contributed by atoms with van der Waals surface area (Å²) in [6, 6.07) is 3.90. The summed E-state index contributed by atoms with van der Waals surface area (Å²) in [5.41, 5.74) is 1.14. The first-order valence-electron chi connectivity index (χ1n) is 6.52. The summed E-state index contributed by atoms with van der Waals surface area (Å²) in [7, 11) is 3.27. The van der Waals surface area contributed by atoms with Gasteiger partial charge in [-0.25, -0.2) is 0 Å². The number of hydrogen-bond acceptors (Lipinski definition) is 5. The number of halogens is 1. The Morgan fingerprint density at radius 2 is 1.90 bits per heavy atom. The van der Waals surface area contributed by atoms with Gasteiger partial charge in [0.15, 0.2) is 11.5 Å². The molecule has 0 fully saturated rings. The van der Waals surface area contributed by atoms with Gasteiger partial charge in [0.1, 0.15) is 0 Å². The first-order chi connectivity index (χ1) is 9.72.